The molecule has 6 heteroatoms. The minimum Gasteiger partial charge on any atom is -0.497 e. The third kappa shape index (κ3) is 4.45. The number of rotatable bonds is 5. The number of aromatic carboxylic acids is 1. The van der Waals surface area contributed by atoms with Gasteiger partial charge in [-0.1, -0.05) is 52.3 Å². The second-order valence-corrected chi connectivity index (χ2v) is 8.03. The van der Waals surface area contributed by atoms with E-state index < -0.39 is 5.97 Å². The topological polar surface area (TPSA) is 70.9 Å². The SMILES string of the molecule is COc1ccc([C@@H]2CC(c3cccc(Br)c3)=N[C@H](c3ccc(C(=O)O)cc3)N2)cc1. The number of carboxylic acids is 1. The van der Waals surface area contributed by atoms with Crippen LogP contribution < -0.4 is 10.1 Å². The molecule has 2 N–H and O–H groups in total. The lowest BCUT2D eigenvalue weighted by atomic mass is 9.94. The number of hydrogen-bond acceptors (Lipinski definition) is 4. The summed E-state index contributed by atoms with van der Waals surface area (Å²) in [6.45, 7) is 0. The van der Waals surface area contributed by atoms with Gasteiger partial charge in [0.15, 0.2) is 0 Å². The van der Waals surface area contributed by atoms with Crippen LogP contribution in [0.15, 0.2) is 82.3 Å². The van der Waals surface area contributed by atoms with Gasteiger partial charge in [0.25, 0.3) is 0 Å². The Morgan fingerprint density at radius 2 is 1.77 bits per heavy atom. The van der Waals surface area contributed by atoms with E-state index in [1.54, 1.807) is 19.2 Å². The van der Waals surface area contributed by atoms with Crippen LogP contribution in [-0.4, -0.2) is 23.9 Å². The average Bonchev–Trinajstić information content (AvgIpc) is 2.79. The standard InChI is InChI=1S/C24H21BrN2O3/c1-30-20-11-9-15(10-12-20)21-14-22(18-3-2-4-19(25)13-18)27-23(26-21)16-5-7-17(8-6-16)24(28)29/h2-13,21,23,26H,14H2,1H3,(H,28,29)/t21-,23+/m0/s1. The van der Waals surface area contributed by atoms with Gasteiger partial charge in [0, 0.05) is 22.6 Å². The summed E-state index contributed by atoms with van der Waals surface area (Å²) in [4.78, 5) is 16.1. The summed E-state index contributed by atoms with van der Waals surface area (Å²) >= 11 is 3.55. The van der Waals surface area contributed by atoms with Gasteiger partial charge in [-0.05, 0) is 53.1 Å². The molecule has 152 valence electrons. The number of nitrogens with one attached hydrogen (secondary N) is 1. The number of nitrogens with zero attached hydrogens (tertiary/aromatic N) is 1. The number of halogens is 1. The molecule has 0 saturated heterocycles. The van der Waals surface area contributed by atoms with Crippen LogP contribution in [0.4, 0.5) is 0 Å². The fraction of sp³-hybridized carbons (Fsp3) is 0.167. The molecule has 1 heterocycles. The Labute approximate surface area is 183 Å². The Morgan fingerprint density at radius 1 is 1.07 bits per heavy atom. The highest BCUT2D eigenvalue weighted by Crippen LogP contribution is 2.32. The number of ether oxygens (including phenoxy) is 1. The molecule has 0 amide bonds. The summed E-state index contributed by atoms with van der Waals surface area (Å²) in [5, 5.41) is 12.8. The zero-order chi connectivity index (χ0) is 21.1. The zero-order valence-electron chi connectivity index (χ0n) is 16.4. The summed E-state index contributed by atoms with van der Waals surface area (Å²) in [5.74, 6) is -0.121. The molecule has 5 nitrogen and oxygen atoms in total. The first kappa shape index (κ1) is 20.3. The van der Waals surface area contributed by atoms with E-state index in [1.165, 1.54) is 0 Å². The van der Waals surface area contributed by atoms with Crippen molar-refractivity contribution < 1.29 is 14.6 Å². The van der Waals surface area contributed by atoms with Crippen LogP contribution in [0.5, 0.6) is 5.75 Å². The number of methoxy groups -OCH3 is 1. The molecule has 2 atom stereocenters. The maximum absolute atomic E-state index is 11.2. The van der Waals surface area contributed by atoms with E-state index in [9.17, 15) is 9.90 Å². The van der Waals surface area contributed by atoms with E-state index in [2.05, 4.69) is 45.5 Å². The summed E-state index contributed by atoms with van der Waals surface area (Å²) in [5.41, 5.74) is 4.40. The number of carbonyl (C=O) groups is 1. The first-order valence-electron chi connectivity index (χ1n) is 9.59. The third-order valence-electron chi connectivity index (χ3n) is 5.19. The van der Waals surface area contributed by atoms with Crippen molar-refractivity contribution in [1.82, 2.24) is 5.32 Å². The first-order valence-corrected chi connectivity index (χ1v) is 10.4. The molecule has 30 heavy (non-hydrogen) atoms. The summed E-state index contributed by atoms with van der Waals surface area (Å²) in [6.07, 6.45) is 0.467. The van der Waals surface area contributed by atoms with Crippen molar-refractivity contribution in [3.8, 4) is 5.75 Å². The predicted octanol–water partition coefficient (Wildman–Crippen LogP) is 5.38. The first-order chi connectivity index (χ1) is 14.5. The molecule has 0 spiro atoms. The second-order valence-electron chi connectivity index (χ2n) is 7.11. The van der Waals surface area contributed by atoms with Crippen LogP contribution >= 0.6 is 15.9 Å². The highest BCUT2D eigenvalue weighted by Gasteiger charge is 2.26. The summed E-state index contributed by atoms with van der Waals surface area (Å²) in [6, 6.07) is 23.1. The van der Waals surface area contributed by atoms with E-state index in [0.717, 1.165) is 39.0 Å². The van der Waals surface area contributed by atoms with Crippen molar-refractivity contribution in [2.75, 3.05) is 7.11 Å². The zero-order valence-corrected chi connectivity index (χ0v) is 18.0. The molecule has 1 aliphatic heterocycles. The Kier molecular flexibility index (Phi) is 5.97. The molecule has 0 saturated carbocycles. The van der Waals surface area contributed by atoms with Crippen molar-refractivity contribution in [3.05, 3.63) is 99.5 Å². The van der Waals surface area contributed by atoms with Gasteiger partial charge >= 0.3 is 5.97 Å². The number of carboxylic acid groups (broad SMARTS) is 1. The smallest absolute Gasteiger partial charge is 0.335 e. The van der Waals surface area contributed by atoms with Crippen LogP contribution in [-0.2, 0) is 0 Å². The Morgan fingerprint density at radius 3 is 2.40 bits per heavy atom. The van der Waals surface area contributed by atoms with Gasteiger partial charge in [-0.15, -0.1) is 0 Å². The molecule has 1 aliphatic rings. The molecule has 0 radical (unpaired) electrons. The number of benzene rings is 3. The molecule has 3 aromatic rings. The van der Waals surface area contributed by atoms with Gasteiger partial charge in [0.1, 0.15) is 11.9 Å². The van der Waals surface area contributed by atoms with Gasteiger partial charge < -0.3 is 9.84 Å². The highest BCUT2D eigenvalue weighted by atomic mass is 79.9. The van der Waals surface area contributed by atoms with Crippen molar-refractivity contribution in [2.45, 2.75) is 18.6 Å². The largest absolute Gasteiger partial charge is 0.497 e. The number of aliphatic imine (C=N–C) groups is 1. The van der Waals surface area contributed by atoms with Gasteiger partial charge in [-0.25, -0.2) is 4.79 Å². The monoisotopic (exact) mass is 464 g/mol. The average molecular weight is 465 g/mol. The maximum Gasteiger partial charge on any atom is 0.335 e. The molecule has 0 aliphatic carbocycles. The molecule has 0 aromatic heterocycles. The lowest BCUT2D eigenvalue weighted by Gasteiger charge is -2.30. The minimum absolute atomic E-state index is 0.0616. The van der Waals surface area contributed by atoms with E-state index in [0.29, 0.717) is 0 Å². The van der Waals surface area contributed by atoms with Crippen molar-refractivity contribution in [2.24, 2.45) is 4.99 Å². The lowest BCUT2D eigenvalue weighted by Crippen LogP contribution is -2.33. The van der Waals surface area contributed by atoms with Gasteiger partial charge in [0.2, 0.25) is 0 Å². The molecule has 0 unspecified atom stereocenters. The highest BCUT2D eigenvalue weighted by molar-refractivity contribution is 9.10. The van der Waals surface area contributed by atoms with Crippen LogP contribution in [0.1, 0.15) is 45.7 Å². The molecule has 0 fully saturated rings. The molecular weight excluding hydrogens is 444 g/mol. The Balaban J connectivity index is 1.71. The van der Waals surface area contributed by atoms with Crippen LogP contribution in [0.25, 0.3) is 0 Å². The van der Waals surface area contributed by atoms with E-state index in [-0.39, 0.29) is 17.8 Å². The van der Waals surface area contributed by atoms with Crippen molar-refractivity contribution >= 4 is 27.6 Å². The molecular formula is C24H21BrN2O3. The Bertz CT molecular complexity index is 1080. The maximum atomic E-state index is 11.2. The quantitative estimate of drug-likeness (QED) is 0.531. The van der Waals surface area contributed by atoms with Crippen molar-refractivity contribution in [3.63, 3.8) is 0 Å². The van der Waals surface area contributed by atoms with E-state index in [1.807, 2.05) is 36.4 Å². The summed E-state index contributed by atoms with van der Waals surface area (Å²) in [7, 11) is 1.66. The lowest BCUT2D eigenvalue weighted by molar-refractivity contribution is 0.0697. The van der Waals surface area contributed by atoms with Crippen molar-refractivity contribution in [1.29, 1.82) is 0 Å². The second kappa shape index (κ2) is 8.81. The van der Waals surface area contributed by atoms with Crippen LogP contribution in [0.2, 0.25) is 0 Å². The fourth-order valence-corrected chi connectivity index (χ4v) is 3.98. The van der Waals surface area contributed by atoms with Gasteiger partial charge in [0.05, 0.1) is 12.7 Å². The predicted molar refractivity (Wildman–Crippen MR) is 120 cm³/mol. The van der Waals surface area contributed by atoms with Crippen LogP contribution in [0.3, 0.4) is 0 Å². The van der Waals surface area contributed by atoms with Gasteiger partial charge in [-0.3, -0.25) is 10.3 Å². The molecule has 4 rings (SSSR count). The van der Waals surface area contributed by atoms with E-state index in [4.69, 9.17) is 9.73 Å². The minimum atomic E-state index is -0.937. The number of hydrogen-bond donors (Lipinski definition) is 2. The van der Waals surface area contributed by atoms with Crippen LogP contribution in [0, 0.1) is 0 Å². The fourth-order valence-electron chi connectivity index (χ4n) is 3.58. The molecule has 3 aromatic carbocycles. The van der Waals surface area contributed by atoms with E-state index >= 15 is 0 Å². The third-order valence-corrected chi connectivity index (χ3v) is 5.68. The Hall–Kier alpha value is -2.96. The summed E-state index contributed by atoms with van der Waals surface area (Å²) < 4.78 is 6.29. The normalized spacial score (nSPS) is 18.5. The molecule has 0 bridgehead atoms. The van der Waals surface area contributed by atoms with Gasteiger partial charge in [-0.2, -0.15) is 0 Å².